The van der Waals surface area contributed by atoms with Gasteiger partial charge in [0, 0.05) is 10.0 Å². The molecule has 0 bridgehead atoms. The summed E-state index contributed by atoms with van der Waals surface area (Å²) < 4.78 is 5.56. The van der Waals surface area contributed by atoms with Crippen molar-refractivity contribution in [2.45, 2.75) is 6.92 Å². The Morgan fingerprint density at radius 3 is 2.52 bits per heavy atom. The van der Waals surface area contributed by atoms with Crippen LogP contribution >= 0.6 is 15.9 Å². The summed E-state index contributed by atoms with van der Waals surface area (Å²) >= 11 is 3.39. The van der Waals surface area contributed by atoms with Crippen LogP contribution in [0.1, 0.15) is 26.3 Å². The normalized spacial score (nSPS) is 10.0. The summed E-state index contributed by atoms with van der Waals surface area (Å²) in [5, 5.41) is 2.73. The fourth-order valence-electron chi connectivity index (χ4n) is 1.81. The molecule has 1 N–H and O–H groups in total. The smallest absolute Gasteiger partial charge is 0.339 e. The van der Waals surface area contributed by atoms with Crippen LogP contribution in [0, 0.1) is 6.92 Å². The van der Waals surface area contributed by atoms with E-state index in [1.165, 1.54) is 7.11 Å². The van der Waals surface area contributed by atoms with Crippen molar-refractivity contribution in [2.24, 2.45) is 0 Å². The minimum absolute atomic E-state index is 0.285. The fraction of sp³-hybridized carbons (Fsp3) is 0.125. The van der Waals surface area contributed by atoms with E-state index in [0.717, 1.165) is 10.0 Å². The number of halogens is 1. The van der Waals surface area contributed by atoms with E-state index >= 15 is 0 Å². The summed E-state index contributed by atoms with van der Waals surface area (Å²) in [5.74, 6) is -0.775. The average molecular weight is 348 g/mol. The third kappa shape index (κ3) is 3.49. The lowest BCUT2D eigenvalue weighted by Crippen LogP contribution is -2.15. The molecule has 0 heterocycles. The van der Waals surface area contributed by atoms with Gasteiger partial charge in [0.25, 0.3) is 5.91 Å². The number of anilines is 1. The molecular formula is C16H14BrNO3. The third-order valence-corrected chi connectivity index (χ3v) is 3.87. The molecule has 0 aliphatic rings. The first kappa shape index (κ1) is 15.3. The number of methoxy groups -OCH3 is 1. The second-order valence-corrected chi connectivity index (χ2v) is 5.31. The monoisotopic (exact) mass is 347 g/mol. The molecule has 0 aliphatic heterocycles. The zero-order valence-corrected chi connectivity index (χ0v) is 13.2. The fourth-order valence-corrected chi connectivity index (χ4v) is 2.19. The van der Waals surface area contributed by atoms with E-state index in [2.05, 4.69) is 21.2 Å². The summed E-state index contributed by atoms with van der Waals surface area (Å²) in [6, 6.07) is 12.0. The number of nitrogens with one attached hydrogen (secondary N) is 1. The Balaban J connectivity index is 2.27. The first-order valence-corrected chi connectivity index (χ1v) is 7.07. The SMILES string of the molecule is COC(=O)c1ccccc1NC(=O)c1ccc(C)c(Br)c1. The number of esters is 1. The van der Waals surface area contributed by atoms with Crippen LogP contribution in [-0.4, -0.2) is 19.0 Å². The highest BCUT2D eigenvalue weighted by Gasteiger charge is 2.14. The Hall–Kier alpha value is -2.14. The van der Waals surface area contributed by atoms with Gasteiger partial charge in [0.2, 0.25) is 0 Å². The minimum atomic E-state index is -0.490. The number of carbonyl (C=O) groups is 2. The van der Waals surface area contributed by atoms with Gasteiger partial charge in [-0.3, -0.25) is 4.79 Å². The molecule has 1 amide bonds. The van der Waals surface area contributed by atoms with Crippen LogP contribution in [-0.2, 0) is 4.74 Å². The van der Waals surface area contributed by atoms with E-state index in [0.29, 0.717) is 16.8 Å². The van der Waals surface area contributed by atoms with E-state index < -0.39 is 5.97 Å². The Labute approximate surface area is 131 Å². The first-order chi connectivity index (χ1) is 10.0. The minimum Gasteiger partial charge on any atom is -0.465 e. The van der Waals surface area contributed by atoms with E-state index in [1.807, 2.05) is 13.0 Å². The van der Waals surface area contributed by atoms with Gasteiger partial charge in [-0.1, -0.05) is 34.1 Å². The van der Waals surface area contributed by atoms with Crippen molar-refractivity contribution in [3.05, 3.63) is 63.6 Å². The van der Waals surface area contributed by atoms with Gasteiger partial charge in [-0.2, -0.15) is 0 Å². The second-order valence-electron chi connectivity index (χ2n) is 4.46. The quantitative estimate of drug-likeness (QED) is 0.859. The van der Waals surface area contributed by atoms with Gasteiger partial charge in [-0.15, -0.1) is 0 Å². The van der Waals surface area contributed by atoms with E-state index in [-0.39, 0.29) is 5.91 Å². The second kappa shape index (κ2) is 6.54. The van der Waals surface area contributed by atoms with Crippen molar-refractivity contribution in [1.82, 2.24) is 0 Å². The molecule has 2 aromatic carbocycles. The summed E-state index contributed by atoms with van der Waals surface area (Å²) in [6.45, 7) is 1.94. The predicted octanol–water partition coefficient (Wildman–Crippen LogP) is 3.80. The van der Waals surface area contributed by atoms with Gasteiger partial charge >= 0.3 is 5.97 Å². The number of hydrogen-bond acceptors (Lipinski definition) is 3. The zero-order valence-electron chi connectivity index (χ0n) is 11.6. The number of para-hydroxylation sites is 1. The number of amides is 1. The Morgan fingerprint density at radius 2 is 1.86 bits per heavy atom. The third-order valence-electron chi connectivity index (χ3n) is 3.01. The van der Waals surface area contributed by atoms with Crippen molar-refractivity contribution in [2.75, 3.05) is 12.4 Å². The average Bonchev–Trinajstić information content (AvgIpc) is 2.49. The van der Waals surface area contributed by atoms with Crippen molar-refractivity contribution in [1.29, 1.82) is 0 Å². The first-order valence-electron chi connectivity index (χ1n) is 6.27. The Bertz CT molecular complexity index is 698. The summed E-state index contributed by atoms with van der Waals surface area (Å²) in [6.07, 6.45) is 0. The molecule has 0 spiro atoms. The molecule has 0 fully saturated rings. The van der Waals surface area contributed by atoms with Crippen LogP contribution < -0.4 is 5.32 Å². The van der Waals surface area contributed by atoms with Gasteiger partial charge in [0.05, 0.1) is 18.4 Å². The van der Waals surface area contributed by atoms with E-state index in [1.54, 1.807) is 36.4 Å². The largest absolute Gasteiger partial charge is 0.465 e. The molecule has 2 aromatic rings. The standard InChI is InChI=1S/C16H14BrNO3/c1-10-7-8-11(9-13(10)17)15(19)18-14-6-4-3-5-12(14)16(20)21-2/h3-9H,1-2H3,(H,18,19). The summed E-state index contributed by atoms with van der Waals surface area (Å²) in [5.41, 5.74) is 2.29. The maximum atomic E-state index is 12.3. The molecule has 0 unspecified atom stereocenters. The molecule has 0 saturated heterocycles. The van der Waals surface area contributed by atoms with Crippen molar-refractivity contribution < 1.29 is 14.3 Å². The van der Waals surface area contributed by atoms with Gasteiger partial charge in [-0.05, 0) is 36.8 Å². The maximum Gasteiger partial charge on any atom is 0.339 e. The molecule has 0 aromatic heterocycles. The molecule has 21 heavy (non-hydrogen) atoms. The molecule has 5 heteroatoms. The predicted molar refractivity (Wildman–Crippen MR) is 84.6 cm³/mol. The molecule has 0 atom stereocenters. The lowest BCUT2D eigenvalue weighted by atomic mass is 10.1. The van der Waals surface area contributed by atoms with E-state index in [9.17, 15) is 9.59 Å². The lowest BCUT2D eigenvalue weighted by molar-refractivity contribution is 0.0602. The topological polar surface area (TPSA) is 55.4 Å². The van der Waals surface area contributed by atoms with Gasteiger partial charge in [0.15, 0.2) is 0 Å². The molecule has 2 rings (SSSR count). The molecular weight excluding hydrogens is 334 g/mol. The molecule has 0 aliphatic carbocycles. The summed E-state index contributed by atoms with van der Waals surface area (Å²) in [7, 11) is 1.30. The van der Waals surface area contributed by atoms with Gasteiger partial charge in [-0.25, -0.2) is 4.79 Å². The Morgan fingerprint density at radius 1 is 1.14 bits per heavy atom. The van der Waals surface area contributed by atoms with Crippen LogP contribution in [0.4, 0.5) is 5.69 Å². The number of carbonyl (C=O) groups excluding carboxylic acids is 2. The Kier molecular flexibility index (Phi) is 4.75. The van der Waals surface area contributed by atoms with Gasteiger partial charge in [0.1, 0.15) is 0 Å². The molecule has 108 valence electrons. The molecule has 0 saturated carbocycles. The van der Waals surface area contributed by atoms with Crippen LogP contribution in [0.15, 0.2) is 46.9 Å². The number of aryl methyl sites for hydroxylation is 1. The van der Waals surface area contributed by atoms with Crippen LogP contribution in [0.3, 0.4) is 0 Å². The number of ether oxygens (including phenoxy) is 1. The van der Waals surface area contributed by atoms with Gasteiger partial charge < -0.3 is 10.1 Å². The van der Waals surface area contributed by atoms with Crippen molar-refractivity contribution >= 4 is 33.5 Å². The number of rotatable bonds is 3. The molecule has 4 nitrogen and oxygen atoms in total. The van der Waals surface area contributed by atoms with Crippen molar-refractivity contribution in [3.8, 4) is 0 Å². The molecule has 0 radical (unpaired) electrons. The number of hydrogen-bond donors (Lipinski definition) is 1. The maximum absolute atomic E-state index is 12.3. The van der Waals surface area contributed by atoms with E-state index in [4.69, 9.17) is 4.74 Å². The summed E-state index contributed by atoms with van der Waals surface area (Å²) in [4.78, 5) is 23.9. The lowest BCUT2D eigenvalue weighted by Gasteiger charge is -2.10. The highest BCUT2D eigenvalue weighted by atomic mass is 79.9. The highest BCUT2D eigenvalue weighted by Crippen LogP contribution is 2.20. The number of benzene rings is 2. The van der Waals surface area contributed by atoms with Crippen LogP contribution in [0.2, 0.25) is 0 Å². The van der Waals surface area contributed by atoms with Crippen LogP contribution in [0.25, 0.3) is 0 Å². The zero-order chi connectivity index (χ0) is 15.4. The van der Waals surface area contributed by atoms with Crippen LogP contribution in [0.5, 0.6) is 0 Å². The highest BCUT2D eigenvalue weighted by molar-refractivity contribution is 9.10. The van der Waals surface area contributed by atoms with Crippen molar-refractivity contribution in [3.63, 3.8) is 0 Å².